The monoisotopic (exact) mass is 337 g/mol. The fourth-order valence-corrected chi connectivity index (χ4v) is 2.75. The summed E-state index contributed by atoms with van der Waals surface area (Å²) in [5.41, 5.74) is 1.12. The maximum atomic E-state index is 12.0. The van der Waals surface area contributed by atoms with Gasteiger partial charge in [0.15, 0.2) is 0 Å². The van der Waals surface area contributed by atoms with Gasteiger partial charge in [0.25, 0.3) is 15.8 Å². The van der Waals surface area contributed by atoms with E-state index in [1.165, 1.54) is 36.4 Å². The summed E-state index contributed by atoms with van der Waals surface area (Å²) in [4.78, 5) is 10.00. The van der Waals surface area contributed by atoms with Crippen molar-refractivity contribution in [1.82, 2.24) is 0 Å². The van der Waals surface area contributed by atoms with Crippen LogP contribution in [0.5, 0.6) is 0 Å². The molecule has 2 aromatic rings. The zero-order valence-electron chi connectivity index (χ0n) is 12.2. The van der Waals surface area contributed by atoms with Crippen molar-refractivity contribution in [3.63, 3.8) is 0 Å². The highest BCUT2D eigenvalue weighted by atomic mass is 32.2. The van der Waals surface area contributed by atoms with Crippen molar-refractivity contribution in [2.75, 3.05) is 6.61 Å². The molecule has 7 nitrogen and oxygen atoms in total. The summed E-state index contributed by atoms with van der Waals surface area (Å²) in [6, 6.07) is 11.3. The molecule has 0 saturated heterocycles. The summed E-state index contributed by atoms with van der Waals surface area (Å²) < 4.78 is 28.8. The Kier molecular flexibility index (Phi) is 5.09. The molecular weight excluding hydrogens is 322 g/mol. The number of nitro groups is 1. The lowest BCUT2D eigenvalue weighted by molar-refractivity contribution is -0.384. The van der Waals surface area contributed by atoms with E-state index >= 15 is 0 Å². The molecule has 2 rings (SSSR count). The molecule has 0 amide bonds. The Morgan fingerprint density at radius 1 is 1.13 bits per heavy atom. The van der Waals surface area contributed by atoms with E-state index in [2.05, 4.69) is 0 Å². The first kappa shape index (κ1) is 17.1. The van der Waals surface area contributed by atoms with Crippen molar-refractivity contribution in [1.29, 1.82) is 0 Å². The average Bonchev–Trinajstić information content (AvgIpc) is 2.53. The van der Waals surface area contributed by atoms with Gasteiger partial charge >= 0.3 is 0 Å². The molecule has 0 spiro atoms. The van der Waals surface area contributed by atoms with Crippen LogP contribution in [0.1, 0.15) is 17.2 Å². The minimum atomic E-state index is -3.97. The number of hydrogen-bond acceptors (Lipinski definition) is 6. The van der Waals surface area contributed by atoms with Gasteiger partial charge in [0.05, 0.1) is 16.4 Å². The minimum Gasteiger partial charge on any atom is -0.386 e. The molecule has 0 aliphatic carbocycles. The number of aliphatic hydroxyl groups is 1. The lowest BCUT2D eigenvalue weighted by Crippen LogP contribution is -2.13. The fraction of sp³-hybridized carbons (Fsp3) is 0.200. The van der Waals surface area contributed by atoms with Crippen LogP contribution < -0.4 is 0 Å². The van der Waals surface area contributed by atoms with E-state index in [1.54, 1.807) is 12.1 Å². The van der Waals surface area contributed by atoms with Crippen LogP contribution in [0.4, 0.5) is 5.69 Å². The van der Waals surface area contributed by atoms with Gasteiger partial charge in [-0.1, -0.05) is 17.7 Å². The van der Waals surface area contributed by atoms with Crippen molar-refractivity contribution < 1.29 is 22.6 Å². The standard InChI is InChI=1S/C15H15NO6S/c1-11-2-8-14(9-3-11)23(20,21)22-10-15(17)12-4-6-13(7-5-12)16(18)19/h2-9,15,17H,10H2,1H3/t15-/m0/s1. The summed E-state index contributed by atoms with van der Waals surface area (Å²) in [5.74, 6) is 0. The van der Waals surface area contributed by atoms with E-state index in [9.17, 15) is 23.6 Å². The maximum absolute atomic E-state index is 12.0. The molecule has 0 aliphatic rings. The number of aryl methyl sites for hydroxylation is 1. The van der Waals surface area contributed by atoms with Gasteiger partial charge in [0, 0.05) is 12.1 Å². The van der Waals surface area contributed by atoms with Crippen molar-refractivity contribution in [3.05, 3.63) is 69.8 Å². The van der Waals surface area contributed by atoms with Gasteiger partial charge in [-0.25, -0.2) is 0 Å². The SMILES string of the molecule is Cc1ccc(S(=O)(=O)OC[C@H](O)c2ccc([N+](=O)[O-])cc2)cc1. The Balaban J connectivity index is 2.04. The molecule has 0 heterocycles. The van der Waals surface area contributed by atoms with Crippen LogP contribution >= 0.6 is 0 Å². The number of hydrogen-bond donors (Lipinski definition) is 1. The highest BCUT2D eigenvalue weighted by molar-refractivity contribution is 7.86. The Morgan fingerprint density at radius 3 is 2.22 bits per heavy atom. The first-order valence-electron chi connectivity index (χ1n) is 6.68. The summed E-state index contributed by atoms with van der Waals surface area (Å²) in [5, 5.41) is 20.5. The lowest BCUT2D eigenvalue weighted by Gasteiger charge is -2.11. The number of nitrogens with zero attached hydrogens (tertiary/aromatic N) is 1. The summed E-state index contributed by atoms with van der Waals surface area (Å²) >= 11 is 0. The first-order chi connectivity index (χ1) is 10.8. The molecule has 0 aromatic heterocycles. The Labute approximate surface area is 133 Å². The van der Waals surface area contributed by atoms with E-state index in [0.717, 1.165) is 5.56 Å². The molecule has 0 radical (unpaired) electrons. The van der Waals surface area contributed by atoms with E-state index in [4.69, 9.17) is 4.18 Å². The van der Waals surface area contributed by atoms with Crippen molar-refractivity contribution in [3.8, 4) is 0 Å². The van der Waals surface area contributed by atoms with Crippen LogP contribution in [-0.4, -0.2) is 25.1 Å². The number of nitro benzene ring substituents is 1. The third-order valence-corrected chi connectivity index (χ3v) is 4.48. The van der Waals surface area contributed by atoms with Crippen LogP contribution in [0.25, 0.3) is 0 Å². The molecule has 122 valence electrons. The highest BCUT2D eigenvalue weighted by Gasteiger charge is 2.18. The molecule has 0 aliphatic heterocycles. The summed E-state index contributed by atoms with van der Waals surface area (Å²) in [6.07, 6.45) is -1.21. The third-order valence-electron chi connectivity index (χ3n) is 3.18. The smallest absolute Gasteiger partial charge is 0.297 e. The molecule has 0 bridgehead atoms. The fourth-order valence-electron chi connectivity index (χ4n) is 1.84. The number of non-ortho nitro benzene ring substituents is 1. The highest BCUT2D eigenvalue weighted by Crippen LogP contribution is 2.20. The zero-order valence-corrected chi connectivity index (χ0v) is 13.1. The molecule has 1 atom stereocenters. The molecule has 1 N–H and O–H groups in total. The largest absolute Gasteiger partial charge is 0.386 e. The molecule has 0 fully saturated rings. The molecule has 2 aromatic carbocycles. The Morgan fingerprint density at radius 2 is 1.70 bits per heavy atom. The minimum absolute atomic E-state index is 0.000926. The first-order valence-corrected chi connectivity index (χ1v) is 8.09. The van der Waals surface area contributed by atoms with E-state index in [0.29, 0.717) is 5.56 Å². The van der Waals surface area contributed by atoms with E-state index < -0.39 is 27.8 Å². The van der Waals surface area contributed by atoms with Gasteiger partial charge in [-0.15, -0.1) is 0 Å². The topological polar surface area (TPSA) is 107 Å². The molecule has 0 saturated carbocycles. The lowest BCUT2D eigenvalue weighted by atomic mass is 10.1. The van der Waals surface area contributed by atoms with Gasteiger partial charge in [0.1, 0.15) is 6.10 Å². The number of aliphatic hydroxyl groups excluding tert-OH is 1. The zero-order chi connectivity index (χ0) is 17.0. The molecular formula is C15H15NO6S. The summed E-state index contributed by atoms with van der Waals surface area (Å²) in [7, 11) is -3.97. The van der Waals surface area contributed by atoms with Gasteiger partial charge in [-0.2, -0.15) is 8.42 Å². The Bertz CT molecular complexity index is 784. The molecule has 23 heavy (non-hydrogen) atoms. The quantitative estimate of drug-likeness (QED) is 0.492. The van der Waals surface area contributed by atoms with Gasteiger partial charge in [-0.05, 0) is 36.8 Å². The predicted molar refractivity (Wildman–Crippen MR) is 82.4 cm³/mol. The number of benzene rings is 2. The molecule has 8 heteroatoms. The molecule has 0 unspecified atom stereocenters. The van der Waals surface area contributed by atoms with E-state index in [1.807, 2.05) is 6.92 Å². The third kappa shape index (κ3) is 4.35. The second-order valence-corrected chi connectivity index (χ2v) is 6.53. The van der Waals surface area contributed by atoms with Crippen LogP contribution in [0.2, 0.25) is 0 Å². The van der Waals surface area contributed by atoms with Crippen LogP contribution in [0.3, 0.4) is 0 Å². The summed E-state index contributed by atoms with van der Waals surface area (Å²) in [6.45, 7) is 1.35. The van der Waals surface area contributed by atoms with Crippen molar-refractivity contribution in [2.45, 2.75) is 17.9 Å². The average molecular weight is 337 g/mol. The normalized spacial score (nSPS) is 12.8. The maximum Gasteiger partial charge on any atom is 0.297 e. The second-order valence-electron chi connectivity index (χ2n) is 4.92. The van der Waals surface area contributed by atoms with Gasteiger partial charge in [-0.3, -0.25) is 14.3 Å². The van der Waals surface area contributed by atoms with Gasteiger partial charge in [0.2, 0.25) is 0 Å². The number of rotatable bonds is 6. The van der Waals surface area contributed by atoms with Crippen LogP contribution in [0.15, 0.2) is 53.4 Å². The van der Waals surface area contributed by atoms with Crippen LogP contribution in [-0.2, 0) is 14.3 Å². The Hall–Kier alpha value is -2.29. The van der Waals surface area contributed by atoms with Crippen LogP contribution in [0, 0.1) is 17.0 Å². The second kappa shape index (κ2) is 6.86. The predicted octanol–water partition coefficient (Wildman–Crippen LogP) is 2.34. The van der Waals surface area contributed by atoms with Crippen molar-refractivity contribution in [2.24, 2.45) is 0 Å². The van der Waals surface area contributed by atoms with Gasteiger partial charge < -0.3 is 5.11 Å². The van der Waals surface area contributed by atoms with Crippen molar-refractivity contribution >= 4 is 15.8 Å². The van der Waals surface area contributed by atoms with E-state index in [-0.39, 0.29) is 10.6 Å².